The molecule has 3 heterocycles. The molecule has 3 aliphatic rings. The standard InChI is InChI=1S/C27H34N4O4S/c1-5-35-26(34)24-19(4)29-27-31(25(24)21-10-9-17(2)14-18(21)3)20(16-36-27)15-22(32)28-11-7-13-30-12-6-8-23(30)33/h9-10,14,16,25H,5-8,11-13,15H2,1-4H3,(H,28,32)/t25-/m1/s1. The lowest BCUT2D eigenvalue weighted by Gasteiger charge is -2.37. The van der Waals surface area contributed by atoms with Crippen molar-refractivity contribution >= 4 is 34.7 Å². The highest BCUT2D eigenvalue weighted by atomic mass is 32.2. The van der Waals surface area contributed by atoms with E-state index in [4.69, 9.17) is 9.73 Å². The maximum absolute atomic E-state index is 13.1. The molecule has 2 amide bonds. The Morgan fingerprint density at radius 2 is 2.06 bits per heavy atom. The third kappa shape index (κ3) is 5.51. The van der Waals surface area contributed by atoms with Gasteiger partial charge in [-0.1, -0.05) is 35.5 Å². The lowest BCUT2D eigenvalue weighted by atomic mass is 9.90. The summed E-state index contributed by atoms with van der Waals surface area (Å²) in [5.74, 6) is -0.288. The van der Waals surface area contributed by atoms with Gasteiger partial charge in [-0.05, 0) is 57.1 Å². The van der Waals surface area contributed by atoms with E-state index in [0.29, 0.717) is 30.8 Å². The van der Waals surface area contributed by atoms with E-state index in [2.05, 4.69) is 11.4 Å². The zero-order valence-electron chi connectivity index (χ0n) is 21.4. The van der Waals surface area contributed by atoms with Crippen LogP contribution >= 0.6 is 11.8 Å². The Kier molecular flexibility index (Phi) is 8.18. The molecule has 0 saturated carbocycles. The molecule has 0 bridgehead atoms. The average molecular weight is 511 g/mol. The summed E-state index contributed by atoms with van der Waals surface area (Å²) >= 11 is 1.46. The largest absolute Gasteiger partial charge is 0.463 e. The number of hydrogen-bond donors (Lipinski definition) is 1. The van der Waals surface area contributed by atoms with E-state index in [-0.39, 0.29) is 30.8 Å². The van der Waals surface area contributed by atoms with Crippen LogP contribution in [0.3, 0.4) is 0 Å². The number of rotatable bonds is 9. The molecule has 3 aliphatic heterocycles. The molecule has 0 aromatic heterocycles. The van der Waals surface area contributed by atoms with E-state index in [9.17, 15) is 14.4 Å². The first-order valence-electron chi connectivity index (χ1n) is 12.5. The van der Waals surface area contributed by atoms with Crippen LogP contribution in [0.25, 0.3) is 0 Å². The number of carbonyl (C=O) groups excluding carboxylic acids is 3. The Bertz CT molecular complexity index is 1160. The highest BCUT2D eigenvalue weighted by Gasteiger charge is 2.41. The van der Waals surface area contributed by atoms with Gasteiger partial charge in [-0.3, -0.25) is 9.59 Å². The van der Waals surface area contributed by atoms with Crippen LogP contribution in [0.4, 0.5) is 0 Å². The van der Waals surface area contributed by atoms with Crippen LogP contribution in [0.15, 0.2) is 45.6 Å². The topological polar surface area (TPSA) is 91.3 Å². The minimum absolute atomic E-state index is 0.0980. The number of hydrogen-bond acceptors (Lipinski definition) is 7. The fraction of sp³-hybridized carbons (Fsp3) is 0.481. The molecule has 4 rings (SSSR count). The molecular formula is C27H34N4O4S. The number of fused-ring (bicyclic) bond motifs is 1. The summed E-state index contributed by atoms with van der Waals surface area (Å²) in [5.41, 5.74) is 5.11. The molecule has 192 valence electrons. The number of thioether (sulfide) groups is 1. The van der Waals surface area contributed by atoms with Gasteiger partial charge in [-0.15, -0.1) is 0 Å². The number of nitrogens with zero attached hydrogens (tertiary/aromatic N) is 3. The highest BCUT2D eigenvalue weighted by molar-refractivity contribution is 8.16. The number of amides is 2. The van der Waals surface area contributed by atoms with Crippen LogP contribution in [-0.4, -0.2) is 59.0 Å². The fourth-order valence-corrected chi connectivity index (χ4v) is 5.90. The van der Waals surface area contributed by atoms with Crippen LogP contribution in [0, 0.1) is 13.8 Å². The van der Waals surface area contributed by atoms with Gasteiger partial charge in [0.15, 0.2) is 5.17 Å². The predicted molar refractivity (Wildman–Crippen MR) is 141 cm³/mol. The lowest BCUT2D eigenvalue weighted by molar-refractivity contribution is -0.139. The summed E-state index contributed by atoms with van der Waals surface area (Å²) < 4.78 is 5.42. The highest BCUT2D eigenvalue weighted by Crippen LogP contribution is 2.45. The number of aliphatic imine (C=N–C) groups is 1. The Morgan fingerprint density at radius 3 is 2.75 bits per heavy atom. The fourth-order valence-electron chi connectivity index (χ4n) is 4.93. The maximum Gasteiger partial charge on any atom is 0.338 e. The predicted octanol–water partition coefficient (Wildman–Crippen LogP) is 3.96. The normalized spacial score (nSPS) is 19.3. The molecule has 1 fully saturated rings. The van der Waals surface area contributed by atoms with Gasteiger partial charge in [-0.25, -0.2) is 9.79 Å². The molecule has 0 spiro atoms. The number of aryl methyl sites for hydroxylation is 2. The van der Waals surface area contributed by atoms with E-state index in [1.54, 1.807) is 6.92 Å². The van der Waals surface area contributed by atoms with Crippen LogP contribution in [0.5, 0.6) is 0 Å². The maximum atomic E-state index is 13.1. The van der Waals surface area contributed by atoms with Crippen molar-refractivity contribution in [3.05, 3.63) is 57.3 Å². The summed E-state index contributed by atoms with van der Waals surface area (Å²) in [5, 5.41) is 5.68. The van der Waals surface area contributed by atoms with Crippen molar-refractivity contribution in [2.45, 2.75) is 59.4 Å². The van der Waals surface area contributed by atoms with Gasteiger partial charge < -0.3 is 19.9 Å². The summed E-state index contributed by atoms with van der Waals surface area (Å²) in [6, 6.07) is 5.76. The Labute approximate surface area is 216 Å². The van der Waals surface area contributed by atoms with Gasteiger partial charge in [0.05, 0.1) is 30.3 Å². The number of likely N-dealkylation sites (tertiary alicyclic amines) is 1. The third-order valence-electron chi connectivity index (χ3n) is 6.66. The number of esters is 1. The molecule has 1 atom stereocenters. The number of carbonyl (C=O) groups is 3. The van der Waals surface area contributed by atoms with E-state index in [1.165, 1.54) is 11.8 Å². The minimum atomic E-state index is -0.424. The zero-order chi connectivity index (χ0) is 25.8. The van der Waals surface area contributed by atoms with Crippen molar-refractivity contribution in [2.75, 3.05) is 26.2 Å². The van der Waals surface area contributed by atoms with Crippen molar-refractivity contribution in [3.63, 3.8) is 0 Å². The van der Waals surface area contributed by atoms with E-state index in [1.807, 2.05) is 48.1 Å². The number of allylic oxidation sites excluding steroid dienone is 1. The van der Waals surface area contributed by atoms with Crippen molar-refractivity contribution in [2.24, 2.45) is 4.99 Å². The van der Waals surface area contributed by atoms with Crippen molar-refractivity contribution in [3.8, 4) is 0 Å². The minimum Gasteiger partial charge on any atom is -0.463 e. The molecule has 0 aliphatic carbocycles. The van der Waals surface area contributed by atoms with Crippen LogP contribution in [-0.2, 0) is 19.1 Å². The van der Waals surface area contributed by atoms with Gasteiger partial charge in [0.1, 0.15) is 0 Å². The first-order chi connectivity index (χ1) is 17.3. The second-order valence-corrected chi connectivity index (χ2v) is 10.2. The Hall–Kier alpha value is -3.07. The Balaban J connectivity index is 1.51. The molecule has 8 nitrogen and oxygen atoms in total. The van der Waals surface area contributed by atoms with Crippen molar-refractivity contribution in [1.29, 1.82) is 0 Å². The van der Waals surface area contributed by atoms with Crippen LogP contribution < -0.4 is 5.32 Å². The molecule has 1 N–H and O–H groups in total. The van der Waals surface area contributed by atoms with Crippen LogP contribution in [0.1, 0.15) is 62.3 Å². The lowest BCUT2D eigenvalue weighted by Crippen LogP contribution is -2.38. The quantitative estimate of drug-likeness (QED) is 0.399. The summed E-state index contributed by atoms with van der Waals surface area (Å²) in [6.07, 6.45) is 2.44. The Morgan fingerprint density at radius 1 is 1.25 bits per heavy atom. The average Bonchev–Trinajstić information content (AvgIpc) is 3.41. The second-order valence-electron chi connectivity index (χ2n) is 9.34. The molecule has 36 heavy (non-hydrogen) atoms. The number of benzene rings is 1. The molecular weight excluding hydrogens is 476 g/mol. The summed E-state index contributed by atoms with van der Waals surface area (Å²) in [7, 11) is 0. The monoisotopic (exact) mass is 510 g/mol. The van der Waals surface area contributed by atoms with Gasteiger partial charge >= 0.3 is 5.97 Å². The van der Waals surface area contributed by atoms with Gasteiger partial charge in [0.2, 0.25) is 11.8 Å². The van der Waals surface area contributed by atoms with E-state index in [0.717, 1.165) is 46.9 Å². The summed E-state index contributed by atoms with van der Waals surface area (Å²) in [4.78, 5) is 46.3. The molecule has 1 saturated heterocycles. The first kappa shape index (κ1) is 26.0. The zero-order valence-corrected chi connectivity index (χ0v) is 22.2. The first-order valence-corrected chi connectivity index (χ1v) is 13.4. The van der Waals surface area contributed by atoms with E-state index < -0.39 is 6.04 Å². The molecule has 0 unspecified atom stereocenters. The van der Waals surface area contributed by atoms with Crippen LogP contribution in [0.2, 0.25) is 0 Å². The van der Waals surface area contributed by atoms with Gasteiger partial charge in [0, 0.05) is 31.8 Å². The smallest absolute Gasteiger partial charge is 0.338 e. The number of ether oxygens (including phenoxy) is 1. The number of nitrogens with one attached hydrogen (secondary N) is 1. The molecule has 1 aromatic carbocycles. The van der Waals surface area contributed by atoms with E-state index >= 15 is 0 Å². The van der Waals surface area contributed by atoms with Gasteiger partial charge in [-0.2, -0.15) is 0 Å². The third-order valence-corrected chi connectivity index (χ3v) is 7.54. The SMILES string of the molecule is CCOC(=O)C1=C(C)N=C2SC=C(CC(=O)NCCCN3CCCC3=O)N2[C@@H]1c1ccc(C)cc1C. The second kappa shape index (κ2) is 11.3. The molecule has 1 aromatic rings. The number of amidine groups is 1. The van der Waals surface area contributed by atoms with Gasteiger partial charge in [0.25, 0.3) is 0 Å². The van der Waals surface area contributed by atoms with Crippen molar-refractivity contribution in [1.82, 2.24) is 15.1 Å². The molecule has 9 heteroatoms. The summed E-state index contributed by atoms with van der Waals surface area (Å²) in [6.45, 7) is 9.97. The van der Waals surface area contributed by atoms with Crippen molar-refractivity contribution < 1.29 is 19.1 Å². The molecule has 0 radical (unpaired) electrons.